The summed E-state index contributed by atoms with van der Waals surface area (Å²) < 4.78 is 0. The average Bonchev–Trinajstić information content (AvgIpc) is 2.87. The molecule has 1 aromatic rings. The van der Waals surface area contributed by atoms with Gasteiger partial charge in [0.1, 0.15) is 5.00 Å². The Morgan fingerprint density at radius 2 is 2.00 bits per heavy atom. The smallest absolute Gasteiger partial charge is 0.251 e. The van der Waals surface area contributed by atoms with Gasteiger partial charge in [-0.25, -0.2) is 0 Å². The Morgan fingerprint density at radius 1 is 1.32 bits per heavy atom. The van der Waals surface area contributed by atoms with Crippen molar-refractivity contribution >= 4 is 28.2 Å². The van der Waals surface area contributed by atoms with Crippen LogP contribution < -0.4 is 16.8 Å². The van der Waals surface area contributed by atoms with E-state index in [1.807, 2.05) is 0 Å². The highest BCUT2D eigenvalue weighted by Crippen LogP contribution is 2.30. The minimum atomic E-state index is -0.511. The number of thiophene rings is 1. The number of carbonyl (C=O) groups is 2. The van der Waals surface area contributed by atoms with Crippen LogP contribution in [0.4, 0.5) is 5.00 Å². The molecule has 2 amide bonds. The van der Waals surface area contributed by atoms with E-state index >= 15 is 0 Å². The minimum absolute atomic E-state index is 0.0135. The lowest BCUT2D eigenvalue weighted by Gasteiger charge is -2.26. The lowest BCUT2D eigenvalue weighted by atomic mass is 9.81. The zero-order chi connectivity index (χ0) is 13.8. The van der Waals surface area contributed by atoms with E-state index in [2.05, 4.69) is 5.32 Å². The summed E-state index contributed by atoms with van der Waals surface area (Å²) in [6.45, 7) is 0.699. The van der Waals surface area contributed by atoms with Gasteiger partial charge in [0.25, 0.3) is 5.91 Å². The van der Waals surface area contributed by atoms with Gasteiger partial charge < -0.3 is 16.8 Å². The van der Waals surface area contributed by atoms with Crippen LogP contribution in [0.5, 0.6) is 0 Å². The summed E-state index contributed by atoms with van der Waals surface area (Å²) in [6, 6.07) is 1.63. The number of primary amides is 1. The second kappa shape index (κ2) is 6.16. The molecule has 0 spiro atoms. The van der Waals surface area contributed by atoms with Gasteiger partial charge in [-0.3, -0.25) is 9.59 Å². The van der Waals surface area contributed by atoms with E-state index in [1.165, 1.54) is 11.3 Å². The average molecular weight is 281 g/mol. The van der Waals surface area contributed by atoms with E-state index < -0.39 is 5.91 Å². The van der Waals surface area contributed by atoms with E-state index in [0.717, 1.165) is 25.7 Å². The van der Waals surface area contributed by atoms with Crippen molar-refractivity contribution in [1.29, 1.82) is 0 Å². The Hall–Kier alpha value is -1.40. The van der Waals surface area contributed by atoms with Crippen molar-refractivity contribution in [2.24, 2.45) is 23.3 Å². The summed E-state index contributed by atoms with van der Waals surface area (Å²) in [5.41, 5.74) is 11.3. The first-order valence-electron chi connectivity index (χ1n) is 6.50. The highest BCUT2D eigenvalue weighted by Gasteiger charge is 2.26. The fourth-order valence-electron chi connectivity index (χ4n) is 2.47. The number of nitrogens with one attached hydrogen (secondary N) is 1. The van der Waals surface area contributed by atoms with Gasteiger partial charge in [0.15, 0.2) is 0 Å². The fraction of sp³-hybridized carbons (Fsp3) is 0.538. The second-order valence-corrected chi connectivity index (χ2v) is 5.89. The van der Waals surface area contributed by atoms with Gasteiger partial charge >= 0.3 is 0 Å². The van der Waals surface area contributed by atoms with Gasteiger partial charge in [-0.15, -0.1) is 11.3 Å². The van der Waals surface area contributed by atoms with E-state index in [1.54, 1.807) is 11.4 Å². The first-order chi connectivity index (χ1) is 9.11. The molecule has 0 radical (unpaired) electrons. The Morgan fingerprint density at radius 3 is 2.58 bits per heavy atom. The van der Waals surface area contributed by atoms with Crippen LogP contribution in [0.25, 0.3) is 0 Å². The van der Waals surface area contributed by atoms with Crippen LogP contribution in [0.2, 0.25) is 0 Å². The van der Waals surface area contributed by atoms with Crippen LogP contribution in [0, 0.1) is 11.8 Å². The third-order valence-corrected chi connectivity index (χ3v) is 4.55. The van der Waals surface area contributed by atoms with Crippen molar-refractivity contribution in [2.45, 2.75) is 25.7 Å². The molecule has 1 aliphatic rings. The number of hydrogen-bond acceptors (Lipinski definition) is 4. The SMILES string of the molecule is NCC1CCC(C(=O)Nc2sccc2C(N)=O)CC1. The van der Waals surface area contributed by atoms with Crippen LogP contribution in [-0.2, 0) is 4.79 Å². The number of hydrogen-bond donors (Lipinski definition) is 3. The summed E-state index contributed by atoms with van der Waals surface area (Å²) >= 11 is 1.32. The molecule has 1 aromatic heterocycles. The van der Waals surface area contributed by atoms with Crippen LogP contribution in [0.3, 0.4) is 0 Å². The summed E-state index contributed by atoms with van der Waals surface area (Å²) in [7, 11) is 0. The molecule has 5 N–H and O–H groups in total. The third kappa shape index (κ3) is 3.33. The first kappa shape index (κ1) is 14.0. The maximum atomic E-state index is 12.1. The molecule has 1 aliphatic carbocycles. The van der Waals surface area contributed by atoms with Crippen molar-refractivity contribution in [3.63, 3.8) is 0 Å². The van der Waals surface area contributed by atoms with Crippen LogP contribution in [0.15, 0.2) is 11.4 Å². The van der Waals surface area contributed by atoms with Crippen molar-refractivity contribution in [2.75, 3.05) is 11.9 Å². The highest BCUT2D eigenvalue weighted by molar-refractivity contribution is 7.14. The molecular weight excluding hydrogens is 262 g/mol. The Kier molecular flexibility index (Phi) is 4.55. The molecule has 2 rings (SSSR count). The molecular formula is C13H19N3O2S. The second-order valence-electron chi connectivity index (χ2n) is 4.97. The normalized spacial score (nSPS) is 23.0. The van der Waals surface area contributed by atoms with Crippen molar-refractivity contribution in [3.05, 3.63) is 17.0 Å². The van der Waals surface area contributed by atoms with Gasteiger partial charge in [0.05, 0.1) is 5.56 Å². The molecule has 19 heavy (non-hydrogen) atoms. The third-order valence-electron chi connectivity index (χ3n) is 3.72. The lowest BCUT2D eigenvalue weighted by Crippen LogP contribution is -2.29. The standard InChI is InChI=1S/C13H19N3O2S/c14-7-8-1-3-9(4-2-8)12(18)16-13-10(11(15)17)5-6-19-13/h5-6,8-9H,1-4,7,14H2,(H2,15,17)(H,16,18). The van der Waals surface area contributed by atoms with Crippen molar-refractivity contribution in [3.8, 4) is 0 Å². The molecule has 0 atom stereocenters. The van der Waals surface area contributed by atoms with Gasteiger partial charge in [0, 0.05) is 5.92 Å². The Bertz CT molecular complexity index is 464. The molecule has 1 saturated carbocycles. The van der Waals surface area contributed by atoms with Crippen molar-refractivity contribution < 1.29 is 9.59 Å². The van der Waals surface area contributed by atoms with Gasteiger partial charge in [0.2, 0.25) is 5.91 Å². The summed E-state index contributed by atoms with van der Waals surface area (Å²) in [4.78, 5) is 23.3. The summed E-state index contributed by atoms with van der Waals surface area (Å²) in [6.07, 6.45) is 3.74. The molecule has 0 unspecified atom stereocenters. The quantitative estimate of drug-likeness (QED) is 0.781. The van der Waals surface area contributed by atoms with Crippen molar-refractivity contribution in [1.82, 2.24) is 0 Å². The zero-order valence-corrected chi connectivity index (χ0v) is 11.5. The van der Waals surface area contributed by atoms with Gasteiger partial charge in [-0.05, 0) is 49.6 Å². The monoisotopic (exact) mass is 281 g/mol. The highest BCUT2D eigenvalue weighted by atomic mass is 32.1. The molecule has 0 bridgehead atoms. The molecule has 5 nitrogen and oxygen atoms in total. The molecule has 0 aliphatic heterocycles. The van der Waals surface area contributed by atoms with Gasteiger partial charge in [-0.1, -0.05) is 0 Å². The predicted octanol–water partition coefficient (Wildman–Crippen LogP) is 1.55. The number of nitrogens with two attached hydrogens (primary N) is 2. The lowest BCUT2D eigenvalue weighted by molar-refractivity contribution is -0.121. The zero-order valence-electron chi connectivity index (χ0n) is 10.7. The Labute approximate surface area is 116 Å². The fourth-order valence-corrected chi connectivity index (χ4v) is 3.27. The number of anilines is 1. The van der Waals surface area contributed by atoms with E-state index in [4.69, 9.17) is 11.5 Å². The summed E-state index contributed by atoms with van der Waals surface area (Å²) in [5, 5.41) is 5.13. The minimum Gasteiger partial charge on any atom is -0.366 e. The molecule has 0 saturated heterocycles. The maximum Gasteiger partial charge on any atom is 0.251 e. The number of rotatable bonds is 4. The molecule has 0 aromatic carbocycles. The van der Waals surface area contributed by atoms with Crippen LogP contribution in [-0.4, -0.2) is 18.4 Å². The van der Waals surface area contributed by atoms with Crippen LogP contribution >= 0.6 is 11.3 Å². The maximum absolute atomic E-state index is 12.1. The molecule has 104 valence electrons. The van der Waals surface area contributed by atoms with Crippen LogP contribution in [0.1, 0.15) is 36.0 Å². The molecule has 6 heteroatoms. The molecule has 1 fully saturated rings. The van der Waals surface area contributed by atoms with E-state index in [0.29, 0.717) is 23.0 Å². The van der Waals surface area contributed by atoms with E-state index in [9.17, 15) is 9.59 Å². The largest absolute Gasteiger partial charge is 0.366 e. The van der Waals surface area contributed by atoms with E-state index in [-0.39, 0.29) is 11.8 Å². The predicted molar refractivity (Wildman–Crippen MR) is 76.0 cm³/mol. The Balaban J connectivity index is 1.94. The number of amides is 2. The first-order valence-corrected chi connectivity index (χ1v) is 7.38. The summed E-state index contributed by atoms with van der Waals surface area (Å²) in [5.74, 6) is 0.0430. The number of carbonyl (C=O) groups excluding carboxylic acids is 2. The molecule has 1 heterocycles. The van der Waals surface area contributed by atoms with Gasteiger partial charge in [-0.2, -0.15) is 0 Å². The topological polar surface area (TPSA) is 98.2 Å².